The van der Waals surface area contributed by atoms with E-state index >= 15 is 0 Å². The Balaban J connectivity index is 2.87. The van der Waals surface area contributed by atoms with Gasteiger partial charge >= 0.3 is 0 Å². The molecule has 0 spiro atoms. The predicted molar refractivity (Wildman–Crippen MR) is 55.8 cm³/mol. The third-order valence-electron chi connectivity index (χ3n) is 2.66. The monoisotopic (exact) mass is 200 g/mol. The van der Waals surface area contributed by atoms with Crippen LogP contribution in [0.4, 0.5) is 0 Å². The van der Waals surface area contributed by atoms with Crippen LogP contribution in [0.25, 0.3) is 0 Å². The topological polar surface area (TPSA) is 17.1 Å². The first-order valence-electron chi connectivity index (χ1n) is 4.81. The molecule has 0 radical (unpaired) electrons. The van der Waals surface area contributed by atoms with Crippen molar-refractivity contribution >= 4 is 17.4 Å². The van der Waals surface area contributed by atoms with E-state index in [1.54, 1.807) is 0 Å². The largest absolute Gasteiger partial charge is 0.293 e. The third-order valence-corrected chi connectivity index (χ3v) is 3.20. The van der Waals surface area contributed by atoms with Gasteiger partial charge in [-0.2, -0.15) is 0 Å². The second-order valence-corrected chi connectivity index (χ2v) is 5.09. The standard InChI is InChI=1S/C11H17ClO/c1-8-5-4-6-11(2,3)7-9(13)10(8)12/h4-7H2,1-3H3/b10-8+. The lowest BCUT2D eigenvalue weighted by Crippen LogP contribution is -2.19. The van der Waals surface area contributed by atoms with Crippen LogP contribution in [0.1, 0.15) is 46.5 Å². The Hall–Kier alpha value is -0.300. The summed E-state index contributed by atoms with van der Waals surface area (Å²) >= 11 is 5.95. The molecule has 0 saturated heterocycles. The number of Topliss-reactive ketones (excluding diaryl/α,β-unsaturated/α-hetero) is 1. The van der Waals surface area contributed by atoms with E-state index in [1.165, 1.54) is 0 Å². The van der Waals surface area contributed by atoms with Crippen LogP contribution in [0.2, 0.25) is 0 Å². The Morgan fingerprint density at radius 2 is 2.00 bits per heavy atom. The van der Waals surface area contributed by atoms with Crippen molar-refractivity contribution in [2.45, 2.75) is 46.5 Å². The normalized spacial score (nSPS) is 29.7. The first-order valence-corrected chi connectivity index (χ1v) is 5.19. The first-order chi connectivity index (χ1) is 5.92. The van der Waals surface area contributed by atoms with Crippen LogP contribution >= 0.6 is 11.6 Å². The zero-order valence-electron chi connectivity index (χ0n) is 8.61. The minimum absolute atomic E-state index is 0.115. The fourth-order valence-electron chi connectivity index (χ4n) is 1.78. The third kappa shape index (κ3) is 2.84. The number of hydrogen-bond donors (Lipinski definition) is 0. The highest BCUT2D eigenvalue weighted by Crippen LogP contribution is 2.34. The van der Waals surface area contributed by atoms with Crippen LogP contribution in [0, 0.1) is 5.41 Å². The van der Waals surface area contributed by atoms with Gasteiger partial charge in [-0.1, -0.05) is 31.0 Å². The molecule has 0 N–H and O–H groups in total. The van der Waals surface area contributed by atoms with Crippen molar-refractivity contribution in [1.82, 2.24) is 0 Å². The predicted octanol–water partition coefficient (Wildman–Crippen LogP) is 3.67. The number of carbonyl (C=O) groups excluding carboxylic acids is 1. The van der Waals surface area contributed by atoms with Gasteiger partial charge in [-0.15, -0.1) is 0 Å². The highest BCUT2D eigenvalue weighted by atomic mass is 35.5. The van der Waals surface area contributed by atoms with Gasteiger partial charge in [0.2, 0.25) is 0 Å². The lowest BCUT2D eigenvalue weighted by atomic mass is 9.80. The molecule has 0 amide bonds. The Labute approximate surface area is 85.2 Å². The molecule has 1 aliphatic carbocycles. The van der Waals surface area contributed by atoms with Crippen LogP contribution in [-0.2, 0) is 4.79 Å². The molecule has 0 fully saturated rings. The van der Waals surface area contributed by atoms with Gasteiger partial charge in [-0.05, 0) is 31.6 Å². The molecule has 1 rings (SSSR count). The fraction of sp³-hybridized carbons (Fsp3) is 0.727. The number of ketones is 1. The summed E-state index contributed by atoms with van der Waals surface area (Å²) in [7, 11) is 0. The minimum atomic E-state index is 0.115. The summed E-state index contributed by atoms with van der Waals surface area (Å²) in [6.45, 7) is 6.23. The van der Waals surface area contributed by atoms with Gasteiger partial charge < -0.3 is 0 Å². The molecule has 0 aromatic heterocycles. The smallest absolute Gasteiger partial charge is 0.174 e. The highest BCUT2D eigenvalue weighted by Gasteiger charge is 2.25. The van der Waals surface area contributed by atoms with E-state index in [0.29, 0.717) is 11.5 Å². The number of rotatable bonds is 0. The molecule has 0 bridgehead atoms. The van der Waals surface area contributed by atoms with Gasteiger partial charge in [0.25, 0.3) is 0 Å². The van der Waals surface area contributed by atoms with E-state index in [-0.39, 0.29) is 11.2 Å². The van der Waals surface area contributed by atoms with Crippen molar-refractivity contribution in [2.24, 2.45) is 5.41 Å². The molecule has 0 atom stereocenters. The van der Waals surface area contributed by atoms with Gasteiger partial charge in [0.05, 0.1) is 5.03 Å². The number of hydrogen-bond acceptors (Lipinski definition) is 1. The maximum absolute atomic E-state index is 11.6. The zero-order chi connectivity index (χ0) is 10.1. The average molecular weight is 201 g/mol. The number of allylic oxidation sites excluding steroid dienone is 2. The van der Waals surface area contributed by atoms with Crippen molar-refractivity contribution in [3.05, 3.63) is 10.6 Å². The van der Waals surface area contributed by atoms with Crippen LogP contribution in [0.5, 0.6) is 0 Å². The molecule has 0 aromatic carbocycles. The molecule has 2 heteroatoms. The summed E-state index contributed by atoms with van der Waals surface area (Å²) in [6.07, 6.45) is 3.81. The summed E-state index contributed by atoms with van der Waals surface area (Å²) in [5.74, 6) is 0.115. The SMILES string of the molecule is C/C1=C(\Cl)C(=O)CC(C)(C)CCC1. The van der Waals surface area contributed by atoms with Crippen molar-refractivity contribution in [3.8, 4) is 0 Å². The second-order valence-electron chi connectivity index (χ2n) is 4.71. The molecule has 0 heterocycles. The van der Waals surface area contributed by atoms with Crippen LogP contribution in [-0.4, -0.2) is 5.78 Å². The molecule has 0 unspecified atom stereocenters. The maximum atomic E-state index is 11.6. The molecule has 1 aliphatic rings. The minimum Gasteiger partial charge on any atom is -0.293 e. The first kappa shape index (κ1) is 10.8. The Bertz CT molecular complexity index is 251. The number of halogens is 1. The van der Waals surface area contributed by atoms with Crippen LogP contribution in [0.15, 0.2) is 10.6 Å². The zero-order valence-corrected chi connectivity index (χ0v) is 9.37. The Kier molecular flexibility index (Phi) is 3.18. The molecule has 0 aromatic rings. The van der Waals surface area contributed by atoms with Gasteiger partial charge in [0.1, 0.15) is 0 Å². The summed E-state index contributed by atoms with van der Waals surface area (Å²) < 4.78 is 0. The highest BCUT2D eigenvalue weighted by molar-refractivity contribution is 6.42. The van der Waals surface area contributed by atoms with Gasteiger partial charge in [0.15, 0.2) is 5.78 Å². The summed E-state index contributed by atoms with van der Waals surface area (Å²) in [4.78, 5) is 11.6. The van der Waals surface area contributed by atoms with E-state index in [9.17, 15) is 4.79 Å². The van der Waals surface area contributed by atoms with E-state index in [2.05, 4.69) is 13.8 Å². The second kappa shape index (κ2) is 3.83. The fourth-order valence-corrected chi connectivity index (χ4v) is 1.94. The van der Waals surface area contributed by atoms with Gasteiger partial charge in [-0.25, -0.2) is 0 Å². The lowest BCUT2D eigenvalue weighted by molar-refractivity contribution is -0.117. The molecule has 74 valence electrons. The molecule has 1 nitrogen and oxygen atoms in total. The van der Waals surface area contributed by atoms with E-state index in [0.717, 1.165) is 24.8 Å². The van der Waals surface area contributed by atoms with E-state index in [1.807, 2.05) is 6.92 Å². The molecule has 0 saturated carbocycles. The van der Waals surface area contributed by atoms with Crippen LogP contribution in [0.3, 0.4) is 0 Å². The van der Waals surface area contributed by atoms with Crippen molar-refractivity contribution in [1.29, 1.82) is 0 Å². The number of carbonyl (C=O) groups is 1. The maximum Gasteiger partial charge on any atom is 0.174 e. The van der Waals surface area contributed by atoms with Gasteiger partial charge in [0, 0.05) is 6.42 Å². The quantitative estimate of drug-likeness (QED) is 0.583. The van der Waals surface area contributed by atoms with Crippen molar-refractivity contribution < 1.29 is 4.79 Å². The summed E-state index contributed by atoms with van der Waals surface area (Å²) in [5.41, 5.74) is 1.18. The summed E-state index contributed by atoms with van der Waals surface area (Å²) in [5, 5.41) is 0.479. The molecule has 0 aliphatic heterocycles. The Morgan fingerprint density at radius 1 is 1.38 bits per heavy atom. The van der Waals surface area contributed by atoms with Gasteiger partial charge in [-0.3, -0.25) is 4.79 Å². The Morgan fingerprint density at radius 3 is 2.62 bits per heavy atom. The van der Waals surface area contributed by atoms with Crippen LogP contribution < -0.4 is 0 Å². The average Bonchev–Trinajstić information content (AvgIpc) is 2.00. The van der Waals surface area contributed by atoms with Crippen molar-refractivity contribution in [2.75, 3.05) is 0 Å². The van der Waals surface area contributed by atoms with E-state index < -0.39 is 0 Å². The lowest BCUT2D eigenvalue weighted by Gasteiger charge is -2.26. The summed E-state index contributed by atoms with van der Waals surface area (Å²) in [6, 6.07) is 0. The molecular formula is C11H17ClO. The molecular weight excluding hydrogens is 184 g/mol. The van der Waals surface area contributed by atoms with E-state index in [4.69, 9.17) is 11.6 Å². The molecule has 13 heavy (non-hydrogen) atoms. The van der Waals surface area contributed by atoms with Crippen molar-refractivity contribution in [3.63, 3.8) is 0 Å².